The molecule has 1 aliphatic heterocycles. The molecule has 0 spiro atoms. The summed E-state index contributed by atoms with van der Waals surface area (Å²) in [6, 6.07) is 11.4. The molecule has 1 aliphatic rings. The smallest absolute Gasteiger partial charge is 0.270 e. The van der Waals surface area contributed by atoms with Crippen LogP contribution in [0.2, 0.25) is 0 Å². The van der Waals surface area contributed by atoms with Crippen molar-refractivity contribution in [2.45, 2.75) is 19.0 Å². The van der Waals surface area contributed by atoms with E-state index < -0.39 is 0 Å². The van der Waals surface area contributed by atoms with Crippen molar-refractivity contribution in [2.24, 2.45) is 0 Å². The maximum absolute atomic E-state index is 13.0. The number of aromatic nitrogens is 3. The minimum absolute atomic E-state index is 0.0636. The van der Waals surface area contributed by atoms with Gasteiger partial charge in [0.15, 0.2) is 0 Å². The van der Waals surface area contributed by atoms with Crippen molar-refractivity contribution >= 4 is 22.7 Å². The molecule has 25 heavy (non-hydrogen) atoms. The van der Waals surface area contributed by atoms with Crippen LogP contribution in [0, 0.1) is 0 Å². The van der Waals surface area contributed by atoms with Crippen molar-refractivity contribution in [1.82, 2.24) is 25.0 Å². The fraction of sp³-hybridized carbons (Fsp3) is 0.278. The number of hydrogen-bond donors (Lipinski definition) is 2. The zero-order valence-corrected chi connectivity index (χ0v) is 13.9. The van der Waals surface area contributed by atoms with Gasteiger partial charge in [0.2, 0.25) is 5.91 Å². The number of benzene rings is 1. The average molecular weight is 337 g/mol. The van der Waals surface area contributed by atoms with Crippen molar-refractivity contribution in [3.63, 3.8) is 0 Å². The molecule has 1 aromatic carbocycles. The number of para-hydroxylation sites is 1. The lowest BCUT2D eigenvalue weighted by Gasteiger charge is -2.33. The summed E-state index contributed by atoms with van der Waals surface area (Å²) in [7, 11) is 1.61. The highest BCUT2D eigenvalue weighted by Gasteiger charge is 2.30. The van der Waals surface area contributed by atoms with Gasteiger partial charge < -0.3 is 15.2 Å². The van der Waals surface area contributed by atoms with Gasteiger partial charge in [0.25, 0.3) is 5.91 Å². The highest BCUT2D eigenvalue weighted by molar-refractivity contribution is 5.98. The Hall–Kier alpha value is -3.09. The van der Waals surface area contributed by atoms with Gasteiger partial charge in [0.05, 0.1) is 24.7 Å². The summed E-state index contributed by atoms with van der Waals surface area (Å²) in [5.74, 6) is -0.128. The summed E-state index contributed by atoms with van der Waals surface area (Å²) >= 11 is 0. The second-order valence-electron chi connectivity index (χ2n) is 6.25. The van der Waals surface area contributed by atoms with Crippen molar-refractivity contribution in [3.8, 4) is 0 Å². The number of aromatic amines is 1. The fourth-order valence-corrected chi connectivity index (χ4v) is 3.37. The molecular weight excluding hydrogens is 318 g/mol. The Morgan fingerprint density at radius 1 is 1.32 bits per heavy atom. The quantitative estimate of drug-likeness (QED) is 0.763. The van der Waals surface area contributed by atoms with E-state index in [-0.39, 0.29) is 17.9 Å². The van der Waals surface area contributed by atoms with Crippen LogP contribution in [0.1, 0.15) is 28.6 Å². The molecule has 0 saturated heterocycles. The van der Waals surface area contributed by atoms with Crippen LogP contribution in [0.3, 0.4) is 0 Å². The lowest BCUT2D eigenvalue weighted by atomic mass is 10.1. The second kappa shape index (κ2) is 6.08. The van der Waals surface area contributed by atoms with Crippen molar-refractivity contribution < 1.29 is 9.59 Å². The predicted molar refractivity (Wildman–Crippen MR) is 93.0 cm³/mol. The van der Waals surface area contributed by atoms with Crippen LogP contribution in [0.4, 0.5) is 0 Å². The molecule has 2 N–H and O–H groups in total. The van der Waals surface area contributed by atoms with E-state index in [4.69, 9.17) is 0 Å². The van der Waals surface area contributed by atoms with Gasteiger partial charge in [-0.15, -0.1) is 0 Å². The Morgan fingerprint density at radius 3 is 2.96 bits per heavy atom. The monoisotopic (exact) mass is 337 g/mol. The van der Waals surface area contributed by atoms with E-state index in [1.807, 2.05) is 41.1 Å². The predicted octanol–water partition coefficient (Wildman–Crippen LogP) is 1.70. The van der Waals surface area contributed by atoms with Gasteiger partial charge in [-0.05, 0) is 18.2 Å². The van der Waals surface area contributed by atoms with E-state index in [0.717, 1.165) is 16.6 Å². The zero-order valence-electron chi connectivity index (χ0n) is 13.9. The summed E-state index contributed by atoms with van der Waals surface area (Å²) in [6.45, 7) is 0.939. The topological polar surface area (TPSA) is 83.0 Å². The first-order chi connectivity index (χ1) is 12.2. The molecule has 7 nitrogen and oxygen atoms in total. The minimum Gasteiger partial charge on any atom is -0.359 e. The van der Waals surface area contributed by atoms with Crippen molar-refractivity contribution in [2.75, 3.05) is 13.6 Å². The van der Waals surface area contributed by atoms with Crippen LogP contribution in [-0.4, -0.2) is 45.1 Å². The minimum atomic E-state index is -0.160. The van der Waals surface area contributed by atoms with Gasteiger partial charge in [0, 0.05) is 30.7 Å². The number of H-pyrrole nitrogens is 1. The maximum atomic E-state index is 13.0. The summed E-state index contributed by atoms with van der Waals surface area (Å²) in [4.78, 5) is 29.7. The molecule has 0 bridgehead atoms. The molecule has 0 aliphatic carbocycles. The first-order valence-electron chi connectivity index (χ1n) is 8.25. The third-order valence-electron chi connectivity index (χ3n) is 4.63. The van der Waals surface area contributed by atoms with E-state index in [0.29, 0.717) is 25.2 Å². The number of nitrogens with one attached hydrogen (secondary N) is 2. The normalized spacial score (nSPS) is 16.7. The summed E-state index contributed by atoms with van der Waals surface area (Å²) in [6.07, 6.45) is 2.00. The molecular formula is C18H19N5O2. The highest BCUT2D eigenvalue weighted by Crippen LogP contribution is 2.25. The van der Waals surface area contributed by atoms with Crippen LogP contribution in [-0.2, 0) is 11.3 Å². The summed E-state index contributed by atoms with van der Waals surface area (Å²) < 4.78 is 1.85. The third kappa shape index (κ3) is 2.77. The molecule has 0 radical (unpaired) electrons. The molecule has 128 valence electrons. The van der Waals surface area contributed by atoms with E-state index in [1.54, 1.807) is 18.1 Å². The Kier molecular flexibility index (Phi) is 3.76. The van der Waals surface area contributed by atoms with Gasteiger partial charge in [-0.3, -0.25) is 14.3 Å². The number of fused-ring (bicyclic) bond motifs is 2. The van der Waals surface area contributed by atoms with E-state index in [2.05, 4.69) is 15.4 Å². The van der Waals surface area contributed by atoms with Crippen molar-refractivity contribution in [1.29, 1.82) is 0 Å². The highest BCUT2D eigenvalue weighted by atomic mass is 16.2. The number of rotatable bonds is 3. The van der Waals surface area contributed by atoms with E-state index >= 15 is 0 Å². The molecule has 3 aromatic rings. The molecule has 1 atom stereocenters. The van der Waals surface area contributed by atoms with Crippen LogP contribution < -0.4 is 5.32 Å². The van der Waals surface area contributed by atoms with Gasteiger partial charge in [0.1, 0.15) is 5.69 Å². The van der Waals surface area contributed by atoms with E-state index in [9.17, 15) is 9.59 Å². The third-order valence-corrected chi connectivity index (χ3v) is 4.63. The maximum Gasteiger partial charge on any atom is 0.270 e. The Labute approximate surface area is 144 Å². The van der Waals surface area contributed by atoms with Crippen LogP contribution in [0.15, 0.2) is 42.6 Å². The Balaban J connectivity index is 1.62. The van der Waals surface area contributed by atoms with Gasteiger partial charge in [-0.25, -0.2) is 0 Å². The standard InChI is InChI=1S/C18H19N5O2/c1-19-17(24)9-14-11-22(10-13-6-7-20-23(13)14)18(25)16-8-12-4-2-3-5-15(12)21-16/h2-8,14,21H,9-11H2,1H3,(H,19,24)/t14-/m1/s1. The van der Waals surface area contributed by atoms with Gasteiger partial charge in [-0.2, -0.15) is 5.10 Å². The molecule has 4 rings (SSSR count). The molecule has 0 fully saturated rings. The Morgan fingerprint density at radius 2 is 2.16 bits per heavy atom. The lowest BCUT2D eigenvalue weighted by molar-refractivity contribution is -0.121. The average Bonchev–Trinajstić information content (AvgIpc) is 3.27. The molecule has 0 saturated carbocycles. The molecule has 0 unspecified atom stereocenters. The van der Waals surface area contributed by atoms with Crippen molar-refractivity contribution in [3.05, 3.63) is 54.0 Å². The number of carbonyl (C=O) groups is 2. The lowest BCUT2D eigenvalue weighted by Crippen LogP contribution is -2.42. The SMILES string of the molecule is CNC(=O)C[C@@H]1CN(C(=O)c2cc3ccccc3[nH]2)Cc2ccnn21. The molecule has 2 amide bonds. The second-order valence-corrected chi connectivity index (χ2v) is 6.25. The van der Waals surface area contributed by atoms with Crippen LogP contribution in [0.25, 0.3) is 10.9 Å². The Bertz CT molecular complexity index is 909. The largest absolute Gasteiger partial charge is 0.359 e. The zero-order chi connectivity index (χ0) is 17.4. The number of nitrogens with zero attached hydrogens (tertiary/aromatic N) is 3. The number of hydrogen-bond acceptors (Lipinski definition) is 3. The first-order valence-corrected chi connectivity index (χ1v) is 8.25. The molecule has 7 heteroatoms. The van der Waals surface area contributed by atoms with Crippen LogP contribution in [0.5, 0.6) is 0 Å². The summed E-state index contributed by atoms with van der Waals surface area (Å²) in [5, 5.41) is 7.97. The number of carbonyl (C=O) groups excluding carboxylic acids is 2. The number of amides is 2. The molecule has 3 heterocycles. The first kappa shape index (κ1) is 15.4. The fourth-order valence-electron chi connectivity index (χ4n) is 3.37. The summed E-state index contributed by atoms with van der Waals surface area (Å²) in [5.41, 5.74) is 2.44. The van der Waals surface area contributed by atoms with Crippen LogP contribution >= 0.6 is 0 Å². The van der Waals surface area contributed by atoms with E-state index in [1.165, 1.54) is 0 Å². The molecule has 2 aromatic heterocycles. The van der Waals surface area contributed by atoms with Gasteiger partial charge >= 0.3 is 0 Å². The van der Waals surface area contributed by atoms with Gasteiger partial charge in [-0.1, -0.05) is 18.2 Å².